The van der Waals surface area contributed by atoms with Crippen LogP contribution in [0, 0.1) is 13.8 Å². The summed E-state index contributed by atoms with van der Waals surface area (Å²) in [6, 6.07) is 10.3. The van der Waals surface area contributed by atoms with Crippen molar-refractivity contribution in [2.75, 3.05) is 16.4 Å². The van der Waals surface area contributed by atoms with E-state index in [4.69, 9.17) is 17.3 Å². The molecule has 0 radical (unpaired) electrons. The molecule has 4 nitrogen and oxygen atoms in total. The second-order valence-corrected chi connectivity index (χ2v) is 5.05. The molecule has 0 aliphatic carbocycles. The molecule has 0 unspecified atom stereocenters. The largest absolute Gasteiger partial charge is 0.398 e. The number of carbonyl (C=O) groups is 1. The summed E-state index contributed by atoms with van der Waals surface area (Å²) in [4.78, 5) is 11.9. The van der Waals surface area contributed by atoms with Crippen molar-refractivity contribution in [2.24, 2.45) is 0 Å². The molecule has 20 heavy (non-hydrogen) atoms. The lowest BCUT2D eigenvalue weighted by Crippen LogP contribution is -2.20. The van der Waals surface area contributed by atoms with Crippen LogP contribution in [0.25, 0.3) is 0 Å². The maximum atomic E-state index is 11.9. The van der Waals surface area contributed by atoms with Crippen LogP contribution in [-0.4, -0.2) is 6.03 Å². The van der Waals surface area contributed by atoms with Crippen molar-refractivity contribution in [3.05, 3.63) is 52.5 Å². The zero-order valence-electron chi connectivity index (χ0n) is 11.3. The fraction of sp³-hybridized carbons (Fsp3) is 0.133. The molecule has 0 aliphatic rings. The van der Waals surface area contributed by atoms with Gasteiger partial charge in [-0.15, -0.1) is 0 Å². The first-order chi connectivity index (χ1) is 9.45. The van der Waals surface area contributed by atoms with Gasteiger partial charge in [-0.3, -0.25) is 0 Å². The lowest BCUT2D eigenvalue weighted by atomic mass is 10.1. The minimum absolute atomic E-state index is 0.321. The Morgan fingerprint density at radius 3 is 2.35 bits per heavy atom. The number of nitrogen functional groups attached to an aromatic ring is 1. The summed E-state index contributed by atoms with van der Waals surface area (Å²) in [6.07, 6.45) is 0. The van der Waals surface area contributed by atoms with Gasteiger partial charge >= 0.3 is 6.03 Å². The number of rotatable bonds is 2. The summed E-state index contributed by atoms with van der Waals surface area (Å²) < 4.78 is 0. The van der Waals surface area contributed by atoms with E-state index in [-0.39, 0.29) is 6.03 Å². The minimum atomic E-state index is -0.321. The van der Waals surface area contributed by atoms with Gasteiger partial charge in [0.1, 0.15) is 0 Å². The van der Waals surface area contributed by atoms with Crippen molar-refractivity contribution in [3.8, 4) is 0 Å². The molecule has 2 amide bonds. The summed E-state index contributed by atoms with van der Waals surface area (Å²) in [5.74, 6) is 0. The van der Waals surface area contributed by atoms with E-state index in [1.54, 1.807) is 30.3 Å². The number of amides is 2. The van der Waals surface area contributed by atoms with Gasteiger partial charge in [0, 0.05) is 22.1 Å². The van der Waals surface area contributed by atoms with Crippen LogP contribution in [0.15, 0.2) is 36.4 Å². The third kappa shape index (κ3) is 3.42. The number of hydrogen-bond acceptors (Lipinski definition) is 2. The number of hydrogen-bond donors (Lipinski definition) is 3. The molecule has 0 bridgehead atoms. The molecular formula is C15H16ClN3O. The smallest absolute Gasteiger partial charge is 0.323 e. The SMILES string of the molecule is Cc1cc(C)c(NC(=O)Nc2ccc(Cl)cc2)cc1N. The van der Waals surface area contributed by atoms with E-state index >= 15 is 0 Å². The lowest BCUT2D eigenvalue weighted by Gasteiger charge is -2.12. The van der Waals surface area contributed by atoms with Crippen LogP contribution in [0.4, 0.5) is 21.9 Å². The number of anilines is 3. The quantitative estimate of drug-likeness (QED) is 0.726. The van der Waals surface area contributed by atoms with Gasteiger partial charge in [0.25, 0.3) is 0 Å². The normalized spacial score (nSPS) is 10.2. The second-order valence-electron chi connectivity index (χ2n) is 4.61. The Hall–Kier alpha value is -2.20. The van der Waals surface area contributed by atoms with Gasteiger partial charge in [0.2, 0.25) is 0 Å². The molecule has 104 valence electrons. The first-order valence-corrected chi connectivity index (χ1v) is 6.54. The van der Waals surface area contributed by atoms with Gasteiger partial charge in [-0.2, -0.15) is 0 Å². The molecular weight excluding hydrogens is 274 g/mol. The Morgan fingerprint density at radius 1 is 1.05 bits per heavy atom. The summed E-state index contributed by atoms with van der Waals surface area (Å²) >= 11 is 5.79. The van der Waals surface area contributed by atoms with Crippen molar-refractivity contribution in [3.63, 3.8) is 0 Å². The van der Waals surface area contributed by atoms with Crippen LogP contribution in [0.3, 0.4) is 0 Å². The number of benzene rings is 2. The highest BCUT2D eigenvalue weighted by Gasteiger charge is 2.07. The molecule has 0 spiro atoms. The highest BCUT2D eigenvalue weighted by atomic mass is 35.5. The first-order valence-electron chi connectivity index (χ1n) is 6.16. The Morgan fingerprint density at radius 2 is 1.70 bits per heavy atom. The van der Waals surface area contributed by atoms with E-state index in [0.29, 0.717) is 22.1 Å². The van der Waals surface area contributed by atoms with Crippen LogP contribution < -0.4 is 16.4 Å². The number of urea groups is 1. The molecule has 0 atom stereocenters. The number of halogens is 1. The van der Waals surface area contributed by atoms with E-state index in [1.807, 2.05) is 19.9 Å². The van der Waals surface area contributed by atoms with Gasteiger partial charge in [-0.25, -0.2) is 4.79 Å². The molecule has 0 heterocycles. The molecule has 0 saturated heterocycles. The average molecular weight is 290 g/mol. The van der Waals surface area contributed by atoms with Gasteiger partial charge in [0.05, 0.1) is 0 Å². The van der Waals surface area contributed by atoms with Gasteiger partial charge in [-0.1, -0.05) is 17.7 Å². The fourth-order valence-corrected chi connectivity index (χ4v) is 1.95. The highest BCUT2D eigenvalue weighted by Crippen LogP contribution is 2.22. The number of nitrogens with two attached hydrogens (primary N) is 1. The Labute approximate surface area is 122 Å². The van der Waals surface area contributed by atoms with Gasteiger partial charge in [-0.05, 0) is 55.3 Å². The molecule has 4 N–H and O–H groups in total. The Balaban J connectivity index is 2.08. The number of nitrogens with one attached hydrogen (secondary N) is 2. The summed E-state index contributed by atoms with van der Waals surface area (Å²) in [5.41, 5.74) is 9.82. The predicted octanol–water partition coefficient (Wildman–Crippen LogP) is 4.18. The molecule has 5 heteroatoms. The first kappa shape index (κ1) is 14.2. The fourth-order valence-electron chi connectivity index (χ4n) is 1.82. The summed E-state index contributed by atoms with van der Waals surface area (Å²) in [6.45, 7) is 3.85. The van der Waals surface area contributed by atoms with Crippen LogP contribution >= 0.6 is 11.6 Å². The molecule has 2 aromatic carbocycles. The number of carbonyl (C=O) groups excluding carboxylic acids is 1. The third-order valence-corrected chi connectivity index (χ3v) is 3.22. The van der Waals surface area contributed by atoms with E-state index in [1.165, 1.54) is 0 Å². The van der Waals surface area contributed by atoms with Crippen LogP contribution in [0.1, 0.15) is 11.1 Å². The summed E-state index contributed by atoms with van der Waals surface area (Å²) in [7, 11) is 0. The predicted molar refractivity (Wildman–Crippen MR) is 84.4 cm³/mol. The van der Waals surface area contributed by atoms with Crippen LogP contribution in [0.2, 0.25) is 5.02 Å². The molecule has 0 saturated carbocycles. The van der Waals surface area contributed by atoms with E-state index in [0.717, 1.165) is 11.1 Å². The zero-order valence-corrected chi connectivity index (χ0v) is 12.1. The molecule has 2 aromatic rings. The topological polar surface area (TPSA) is 67.2 Å². The maximum Gasteiger partial charge on any atom is 0.323 e. The molecule has 0 aromatic heterocycles. The van der Waals surface area contributed by atoms with E-state index in [9.17, 15) is 4.79 Å². The average Bonchev–Trinajstić information content (AvgIpc) is 2.39. The van der Waals surface area contributed by atoms with E-state index in [2.05, 4.69) is 10.6 Å². The van der Waals surface area contributed by atoms with Crippen molar-refractivity contribution in [2.45, 2.75) is 13.8 Å². The third-order valence-electron chi connectivity index (χ3n) is 2.96. The van der Waals surface area contributed by atoms with Crippen molar-refractivity contribution in [1.82, 2.24) is 0 Å². The standard InChI is InChI=1S/C15H16ClN3O/c1-9-7-10(2)14(8-13(9)17)19-15(20)18-12-5-3-11(16)4-6-12/h3-8H,17H2,1-2H3,(H2,18,19,20). The minimum Gasteiger partial charge on any atom is -0.398 e. The van der Waals surface area contributed by atoms with Crippen molar-refractivity contribution < 1.29 is 4.79 Å². The Bertz CT molecular complexity index is 638. The Kier molecular flexibility index (Phi) is 4.15. The second kappa shape index (κ2) is 5.84. The van der Waals surface area contributed by atoms with Crippen LogP contribution in [-0.2, 0) is 0 Å². The highest BCUT2D eigenvalue weighted by molar-refractivity contribution is 6.30. The van der Waals surface area contributed by atoms with Crippen molar-refractivity contribution >= 4 is 34.7 Å². The van der Waals surface area contributed by atoms with Crippen molar-refractivity contribution in [1.29, 1.82) is 0 Å². The number of aryl methyl sites for hydroxylation is 2. The molecule has 0 aliphatic heterocycles. The molecule has 0 fully saturated rings. The van der Waals surface area contributed by atoms with Crippen LogP contribution in [0.5, 0.6) is 0 Å². The monoisotopic (exact) mass is 289 g/mol. The maximum absolute atomic E-state index is 11.9. The van der Waals surface area contributed by atoms with E-state index < -0.39 is 0 Å². The lowest BCUT2D eigenvalue weighted by molar-refractivity contribution is 0.262. The zero-order chi connectivity index (χ0) is 14.7. The van der Waals surface area contributed by atoms with Gasteiger partial charge in [0.15, 0.2) is 0 Å². The summed E-state index contributed by atoms with van der Waals surface area (Å²) in [5, 5.41) is 6.13. The van der Waals surface area contributed by atoms with Gasteiger partial charge < -0.3 is 16.4 Å². The molecule has 2 rings (SSSR count).